The summed E-state index contributed by atoms with van der Waals surface area (Å²) in [5.41, 5.74) is 1.20. The topological polar surface area (TPSA) is 49.4 Å². The number of hydrogen-bond acceptors (Lipinski definition) is 2. The first-order valence-corrected chi connectivity index (χ1v) is 8.20. The van der Waals surface area contributed by atoms with E-state index in [1.165, 1.54) is 4.90 Å². The minimum absolute atomic E-state index is 0.0334. The number of anilines is 1. The minimum atomic E-state index is -0.265. The number of benzene rings is 3. The summed E-state index contributed by atoms with van der Waals surface area (Å²) in [6, 6.07) is 20.2. The van der Waals surface area contributed by atoms with E-state index in [-0.39, 0.29) is 18.4 Å². The molecule has 126 valence electrons. The molecule has 0 atom stereocenters. The van der Waals surface area contributed by atoms with Crippen LogP contribution in [0.2, 0.25) is 5.02 Å². The zero-order chi connectivity index (χ0) is 17.8. The fraction of sp³-hybridized carbons (Fsp3) is 0.100. The van der Waals surface area contributed by atoms with Gasteiger partial charge in [0.1, 0.15) is 0 Å². The second kappa shape index (κ2) is 7.36. The van der Waals surface area contributed by atoms with Crippen LogP contribution in [-0.4, -0.2) is 30.3 Å². The van der Waals surface area contributed by atoms with Gasteiger partial charge < -0.3 is 10.2 Å². The van der Waals surface area contributed by atoms with Crippen molar-refractivity contribution in [1.82, 2.24) is 4.90 Å². The van der Waals surface area contributed by atoms with Crippen LogP contribution >= 0.6 is 11.6 Å². The molecule has 0 aliphatic heterocycles. The first kappa shape index (κ1) is 17.0. The molecule has 0 spiro atoms. The molecule has 0 radical (unpaired) electrons. The van der Waals surface area contributed by atoms with Gasteiger partial charge in [-0.25, -0.2) is 0 Å². The van der Waals surface area contributed by atoms with Crippen molar-refractivity contribution < 1.29 is 9.59 Å². The first-order chi connectivity index (χ1) is 12.0. The standard InChI is InChI=1S/C20H17ClN2O2/c1-23(13-19(24)22-18-10-8-17(21)9-11-18)20(25)16-7-6-14-4-2-3-5-15(14)12-16/h2-12H,13H2,1H3,(H,22,24). The largest absolute Gasteiger partial charge is 0.332 e. The van der Waals surface area contributed by atoms with E-state index in [9.17, 15) is 9.59 Å². The third-order valence-corrected chi connectivity index (χ3v) is 4.10. The summed E-state index contributed by atoms with van der Waals surface area (Å²) in [7, 11) is 1.61. The molecule has 0 saturated heterocycles. The molecule has 0 heterocycles. The van der Waals surface area contributed by atoms with Crippen molar-refractivity contribution in [3.05, 3.63) is 77.3 Å². The molecule has 3 rings (SSSR count). The van der Waals surface area contributed by atoms with Crippen LogP contribution in [0.15, 0.2) is 66.7 Å². The van der Waals surface area contributed by atoms with Gasteiger partial charge in [0, 0.05) is 23.3 Å². The highest BCUT2D eigenvalue weighted by atomic mass is 35.5. The maximum Gasteiger partial charge on any atom is 0.254 e. The summed E-state index contributed by atoms with van der Waals surface area (Å²) < 4.78 is 0. The lowest BCUT2D eigenvalue weighted by Gasteiger charge is -2.17. The summed E-state index contributed by atoms with van der Waals surface area (Å²) in [6.07, 6.45) is 0. The Hall–Kier alpha value is -2.85. The molecule has 3 aromatic carbocycles. The average molecular weight is 353 g/mol. The van der Waals surface area contributed by atoms with E-state index < -0.39 is 0 Å². The van der Waals surface area contributed by atoms with E-state index in [4.69, 9.17) is 11.6 Å². The Balaban J connectivity index is 1.66. The van der Waals surface area contributed by atoms with Gasteiger partial charge in [-0.1, -0.05) is 41.9 Å². The van der Waals surface area contributed by atoms with Crippen LogP contribution < -0.4 is 5.32 Å². The molecule has 4 nitrogen and oxygen atoms in total. The van der Waals surface area contributed by atoms with E-state index in [1.807, 2.05) is 36.4 Å². The van der Waals surface area contributed by atoms with Crippen molar-refractivity contribution in [2.45, 2.75) is 0 Å². The predicted molar refractivity (Wildman–Crippen MR) is 101 cm³/mol. The average Bonchev–Trinajstić information content (AvgIpc) is 2.62. The number of carbonyl (C=O) groups is 2. The Kier molecular flexibility index (Phi) is 5.00. The van der Waals surface area contributed by atoms with Crippen molar-refractivity contribution in [1.29, 1.82) is 0 Å². The number of fused-ring (bicyclic) bond motifs is 1. The van der Waals surface area contributed by atoms with Crippen LogP contribution in [0.1, 0.15) is 10.4 Å². The van der Waals surface area contributed by atoms with Crippen LogP contribution in [0.5, 0.6) is 0 Å². The van der Waals surface area contributed by atoms with Crippen molar-refractivity contribution in [2.75, 3.05) is 18.9 Å². The molecule has 0 bridgehead atoms. The van der Waals surface area contributed by atoms with Crippen molar-refractivity contribution in [2.24, 2.45) is 0 Å². The molecule has 0 aromatic heterocycles. The van der Waals surface area contributed by atoms with Gasteiger partial charge in [0.2, 0.25) is 5.91 Å². The highest BCUT2D eigenvalue weighted by molar-refractivity contribution is 6.30. The monoisotopic (exact) mass is 352 g/mol. The smallest absolute Gasteiger partial charge is 0.254 e. The first-order valence-electron chi connectivity index (χ1n) is 7.82. The molecule has 5 heteroatoms. The van der Waals surface area contributed by atoms with Crippen LogP contribution in [0.25, 0.3) is 10.8 Å². The Morgan fingerprint density at radius 3 is 2.36 bits per heavy atom. The number of rotatable bonds is 4. The molecule has 0 aliphatic rings. The number of amides is 2. The Morgan fingerprint density at radius 1 is 0.960 bits per heavy atom. The van der Waals surface area contributed by atoms with Crippen LogP contribution in [0.3, 0.4) is 0 Å². The fourth-order valence-electron chi connectivity index (χ4n) is 2.56. The number of hydrogen-bond donors (Lipinski definition) is 1. The van der Waals surface area contributed by atoms with Gasteiger partial charge in [0.25, 0.3) is 5.91 Å². The zero-order valence-corrected chi connectivity index (χ0v) is 14.5. The molecule has 0 saturated carbocycles. The molecular weight excluding hydrogens is 336 g/mol. The van der Waals surface area contributed by atoms with E-state index >= 15 is 0 Å². The Morgan fingerprint density at radius 2 is 1.64 bits per heavy atom. The van der Waals surface area contributed by atoms with E-state index in [2.05, 4.69) is 5.32 Å². The molecule has 0 fully saturated rings. The summed E-state index contributed by atoms with van der Waals surface area (Å²) in [6.45, 7) is -0.0334. The van der Waals surface area contributed by atoms with E-state index in [1.54, 1.807) is 37.4 Å². The lowest BCUT2D eigenvalue weighted by atomic mass is 10.1. The molecular formula is C20H17ClN2O2. The predicted octanol–water partition coefficient (Wildman–Crippen LogP) is 4.20. The number of nitrogens with one attached hydrogen (secondary N) is 1. The van der Waals surface area contributed by atoms with Crippen molar-refractivity contribution in [3.8, 4) is 0 Å². The number of halogens is 1. The van der Waals surface area contributed by atoms with E-state index in [0.717, 1.165) is 10.8 Å². The molecule has 25 heavy (non-hydrogen) atoms. The summed E-state index contributed by atoms with van der Waals surface area (Å²) in [5.74, 6) is -0.462. The quantitative estimate of drug-likeness (QED) is 0.764. The second-order valence-electron chi connectivity index (χ2n) is 5.78. The van der Waals surface area contributed by atoms with Gasteiger partial charge in [-0.2, -0.15) is 0 Å². The third kappa shape index (κ3) is 4.17. The highest BCUT2D eigenvalue weighted by Crippen LogP contribution is 2.17. The molecule has 0 aliphatic carbocycles. The second-order valence-corrected chi connectivity index (χ2v) is 6.21. The molecule has 1 N–H and O–H groups in total. The maximum atomic E-state index is 12.5. The number of nitrogens with zero attached hydrogens (tertiary/aromatic N) is 1. The zero-order valence-electron chi connectivity index (χ0n) is 13.7. The number of likely N-dealkylation sites (N-methyl/N-ethyl adjacent to an activating group) is 1. The van der Waals surface area contributed by atoms with Crippen molar-refractivity contribution in [3.63, 3.8) is 0 Å². The van der Waals surface area contributed by atoms with Gasteiger partial charge in [-0.15, -0.1) is 0 Å². The van der Waals surface area contributed by atoms with Crippen LogP contribution in [0.4, 0.5) is 5.69 Å². The highest BCUT2D eigenvalue weighted by Gasteiger charge is 2.15. The molecule has 3 aromatic rings. The molecule has 0 unspecified atom stereocenters. The Labute approximate surface area is 151 Å². The van der Waals surface area contributed by atoms with Crippen LogP contribution in [-0.2, 0) is 4.79 Å². The van der Waals surface area contributed by atoms with Gasteiger partial charge >= 0.3 is 0 Å². The fourth-order valence-corrected chi connectivity index (χ4v) is 2.69. The van der Waals surface area contributed by atoms with Gasteiger partial charge in [0.15, 0.2) is 0 Å². The summed E-state index contributed by atoms with van der Waals surface area (Å²) in [5, 5.41) is 5.41. The van der Waals surface area contributed by atoms with Gasteiger partial charge in [0.05, 0.1) is 6.54 Å². The summed E-state index contributed by atoms with van der Waals surface area (Å²) in [4.78, 5) is 26.1. The van der Waals surface area contributed by atoms with Gasteiger partial charge in [-0.3, -0.25) is 9.59 Å². The lowest BCUT2D eigenvalue weighted by Crippen LogP contribution is -2.34. The van der Waals surface area contributed by atoms with E-state index in [0.29, 0.717) is 16.3 Å². The lowest BCUT2D eigenvalue weighted by molar-refractivity contribution is -0.116. The SMILES string of the molecule is CN(CC(=O)Nc1ccc(Cl)cc1)C(=O)c1ccc2ccccc2c1. The van der Waals surface area contributed by atoms with Crippen LogP contribution in [0, 0.1) is 0 Å². The Bertz CT molecular complexity index is 922. The maximum absolute atomic E-state index is 12.5. The minimum Gasteiger partial charge on any atom is -0.332 e. The van der Waals surface area contributed by atoms with Gasteiger partial charge in [-0.05, 0) is 47.2 Å². The van der Waals surface area contributed by atoms with Crippen molar-refractivity contribution >= 4 is 39.9 Å². The summed E-state index contributed by atoms with van der Waals surface area (Å²) >= 11 is 5.82. The molecule has 2 amide bonds. The normalized spacial score (nSPS) is 10.5. The number of carbonyl (C=O) groups excluding carboxylic acids is 2. The third-order valence-electron chi connectivity index (χ3n) is 3.85.